The minimum atomic E-state index is -1.82. The van der Waals surface area contributed by atoms with Crippen LogP contribution in [0.15, 0.2) is 0 Å². The van der Waals surface area contributed by atoms with Crippen LogP contribution in [0.3, 0.4) is 0 Å². The summed E-state index contributed by atoms with van der Waals surface area (Å²) in [6.45, 7) is 0. The molecule has 0 aliphatic carbocycles. The molecule has 9 nitrogen and oxygen atoms in total. The Kier molecular flexibility index (Phi) is 9.45. The Hall–Kier alpha value is -1.16. The van der Waals surface area contributed by atoms with E-state index in [2.05, 4.69) is 0 Å². The number of carbonyl (C=O) groups is 4. The Balaban J connectivity index is 0. The minimum absolute atomic E-state index is 0. The largest absolute Gasteiger partial charge is 1.00 e. The van der Waals surface area contributed by atoms with Gasteiger partial charge in [-0.15, -0.1) is 0 Å². The van der Waals surface area contributed by atoms with Gasteiger partial charge in [0.1, 0.15) is 6.04 Å². The minimum Gasteiger partial charge on any atom is -0.548 e. The van der Waals surface area contributed by atoms with Crippen molar-refractivity contribution in [3.8, 4) is 0 Å². The number of rotatable bonds is 8. The molecule has 4 N–H and O–H groups in total. The third kappa shape index (κ3) is 8.01. The van der Waals surface area contributed by atoms with Gasteiger partial charge in [0.05, 0.1) is 24.9 Å². The van der Waals surface area contributed by atoms with E-state index in [0.717, 1.165) is 0 Å². The number of aliphatic carboxylic acids is 4. The first-order valence-corrected chi connectivity index (χ1v) is 4.37. The molecule has 0 saturated heterocycles. The molecule has 0 aromatic carbocycles. The standard InChI is InChI=1S/C8H11NO8.Na/c10-5(11)1-3(7(14)15)9-4(8(16)17)2-6(12)13;/h3-4,9H,1-2H2,(H,10,11)(H,12,13)(H,14,15)(H,16,17);/q;+1/p-1. The summed E-state index contributed by atoms with van der Waals surface area (Å²) in [7, 11) is 0. The van der Waals surface area contributed by atoms with Crippen LogP contribution in [0.2, 0.25) is 0 Å². The Bertz CT molecular complexity index is 312. The monoisotopic (exact) mass is 271 g/mol. The van der Waals surface area contributed by atoms with Gasteiger partial charge >= 0.3 is 47.5 Å². The van der Waals surface area contributed by atoms with Crippen LogP contribution in [0.4, 0.5) is 0 Å². The van der Waals surface area contributed by atoms with Crippen LogP contribution in [-0.4, -0.2) is 51.3 Å². The van der Waals surface area contributed by atoms with Crippen molar-refractivity contribution in [3.63, 3.8) is 0 Å². The summed E-state index contributed by atoms with van der Waals surface area (Å²) < 4.78 is 0. The van der Waals surface area contributed by atoms with Crippen molar-refractivity contribution >= 4 is 23.9 Å². The smallest absolute Gasteiger partial charge is 0.548 e. The van der Waals surface area contributed by atoms with Crippen molar-refractivity contribution in [2.24, 2.45) is 0 Å². The number of carbonyl (C=O) groups excluding carboxylic acids is 1. The van der Waals surface area contributed by atoms with Crippen LogP contribution in [0.1, 0.15) is 12.8 Å². The SMILES string of the molecule is O=C(O)CC(NC(CC(=O)O)C(=O)O)C(=O)[O-].[Na+]. The first-order valence-electron chi connectivity index (χ1n) is 4.37. The average Bonchev–Trinajstić information content (AvgIpc) is 2.13. The van der Waals surface area contributed by atoms with Crippen LogP contribution >= 0.6 is 0 Å². The summed E-state index contributed by atoms with van der Waals surface area (Å²) in [6.07, 6.45) is -1.79. The molecule has 18 heavy (non-hydrogen) atoms. The third-order valence-corrected chi connectivity index (χ3v) is 1.74. The molecule has 0 aromatic rings. The summed E-state index contributed by atoms with van der Waals surface area (Å²) in [5.74, 6) is -6.35. The summed E-state index contributed by atoms with van der Waals surface area (Å²) >= 11 is 0. The van der Waals surface area contributed by atoms with Crippen molar-refractivity contribution in [1.82, 2.24) is 5.32 Å². The zero-order valence-corrected chi connectivity index (χ0v) is 11.5. The Morgan fingerprint density at radius 1 is 0.944 bits per heavy atom. The van der Waals surface area contributed by atoms with E-state index in [9.17, 15) is 24.3 Å². The number of nitrogens with one attached hydrogen (secondary N) is 1. The second-order valence-electron chi connectivity index (χ2n) is 3.12. The zero-order chi connectivity index (χ0) is 13.6. The molecule has 0 heterocycles. The van der Waals surface area contributed by atoms with Gasteiger partial charge in [-0.1, -0.05) is 0 Å². The maximum absolute atomic E-state index is 10.6. The Morgan fingerprint density at radius 2 is 1.33 bits per heavy atom. The van der Waals surface area contributed by atoms with Gasteiger partial charge in [-0.3, -0.25) is 19.7 Å². The van der Waals surface area contributed by atoms with Crippen molar-refractivity contribution in [2.75, 3.05) is 0 Å². The van der Waals surface area contributed by atoms with E-state index >= 15 is 0 Å². The number of hydrogen-bond acceptors (Lipinski definition) is 6. The molecule has 0 rings (SSSR count). The van der Waals surface area contributed by atoms with Crippen LogP contribution < -0.4 is 40.0 Å². The van der Waals surface area contributed by atoms with E-state index in [1.54, 1.807) is 0 Å². The maximum atomic E-state index is 10.6. The van der Waals surface area contributed by atoms with Gasteiger partial charge in [0.25, 0.3) is 0 Å². The van der Waals surface area contributed by atoms with Crippen molar-refractivity contribution in [3.05, 3.63) is 0 Å². The second-order valence-corrected chi connectivity index (χ2v) is 3.12. The molecule has 0 bridgehead atoms. The fourth-order valence-electron chi connectivity index (χ4n) is 1.02. The van der Waals surface area contributed by atoms with Gasteiger partial charge in [-0.25, -0.2) is 0 Å². The fraction of sp³-hybridized carbons (Fsp3) is 0.500. The molecule has 0 amide bonds. The molecule has 0 aromatic heterocycles. The normalized spacial score (nSPS) is 12.9. The van der Waals surface area contributed by atoms with Crippen molar-refractivity contribution in [2.45, 2.75) is 24.9 Å². The predicted molar refractivity (Wildman–Crippen MR) is 47.9 cm³/mol. The topological polar surface area (TPSA) is 164 Å². The van der Waals surface area contributed by atoms with Crippen molar-refractivity contribution < 1.29 is 69.2 Å². The Morgan fingerprint density at radius 3 is 1.61 bits per heavy atom. The predicted octanol–water partition coefficient (Wildman–Crippen LogP) is -5.90. The summed E-state index contributed by atoms with van der Waals surface area (Å²) in [4.78, 5) is 41.7. The van der Waals surface area contributed by atoms with E-state index in [1.807, 2.05) is 5.32 Å². The molecule has 0 spiro atoms. The van der Waals surface area contributed by atoms with Crippen LogP contribution in [0, 0.1) is 0 Å². The summed E-state index contributed by atoms with van der Waals surface area (Å²) in [5.41, 5.74) is 0. The van der Waals surface area contributed by atoms with Gasteiger partial charge in [0.2, 0.25) is 0 Å². The molecular formula is C8H10NNaO8. The quantitative estimate of drug-likeness (QED) is 0.314. The first kappa shape index (κ1) is 19.2. The van der Waals surface area contributed by atoms with E-state index < -0.39 is 48.8 Å². The maximum Gasteiger partial charge on any atom is 1.00 e. The van der Waals surface area contributed by atoms with Gasteiger partial charge < -0.3 is 25.2 Å². The number of carboxylic acid groups (broad SMARTS) is 4. The van der Waals surface area contributed by atoms with Crippen LogP contribution in [-0.2, 0) is 19.2 Å². The molecule has 10 heteroatoms. The van der Waals surface area contributed by atoms with Crippen LogP contribution in [0.25, 0.3) is 0 Å². The molecule has 2 atom stereocenters. The first-order chi connectivity index (χ1) is 7.73. The van der Waals surface area contributed by atoms with Gasteiger partial charge in [-0.2, -0.15) is 0 Å². The number of hydrogen-bond donors (Lipinski definition) is 4. The van der Waals surface area contributed by atoms with Gasteiger partial charge in [-0.05, 0) is 0 Å². The molecular weight excluding hydrogens is 261 g/mol. The summed E-state index contributed by atoms with van der Waals surface area (Å²) in [6, 6.07) is -3.47. The molecule has 0 radical (unpaired) electrons. The average molecular weight is 271 g/mol. The summed E-state index contributed by atoms with van der Waals surface area (Å²) in [5, 5.41) is 37.7. The molecule has 0 saturated carbocycles. The molecule has 2 unspecified atom stereocenters. The Labute approximate surface area is 123 Å². The van der Waals surface area contributed by atoms with Crippen LogP contribution in [0.5, 0.6) is 0 Å². The second kappa shape index (κ2) is 8.86. The molecule has 96 valence electrons. The van der Waals surface area contributed by atoms with E-state index in [1.165, 1.54) is 0 Å². The fourth-order valence-corrected chi connectivity index (χ4v) is 1.02. The van der Waals surface area contributed by atoms with Crippen molar-refractivity contribution in [1.29, 1.82) is 0 Å². The van der Waals surface area contributed by atoms with E-state index in [0.29, 0.717) is 0 Å². The van der Waals surface area contributed by atoms with Gasteiger partial charge in [0, 0.05) is 0 Å². The molecule has 0 fully saturated rings. The third-order valence-electron chi connectivity index (χ3n) is 1.74. The number of carboxylic acids is 4. The van der Waals surface area contributed by atoms with Gasteiger partial charge in [0.15, 0.2) is 0 Å². The zero-order valence-electron chi connectivity index (χ0n) is 9.45. The van der Waals surface area contributed by atoms with E-state index in [4.69, 9.17) is 15.3 Å². The van der Waals surface area contributed by atoms with E-state index in [-0.39, 0.29) is 29.6 Å². The molecule has 0 aliphatic rings. The molecule has 0 aliphatic heterocycles.